The average Bonchev–Trinajstić information content (AvgIpc) is 2.48. The summed E-state index contributed by atoms with van der Waals surface area (Å²) >= 11 is 0. The van der Waals surface area contributed by atoms with Crippen LogP contribution in [-0.2, 0) is 10.8 Å². The molecule has 1 aromatic carbocycles. The zero-order valence-electron chi connectivity index (χ0n) is 12.6. The zero-order valence-corrected chi connectivity index (χ0v) is 15.7. The molecule has 6 heteroatoms. The summed E-state index contributed by atoms with van der Waals surface area (Å²) in [6, 6.07) is 9.46. The molecule has 0 aromatic heterocycles. The van der Waals surface area contributed by atoms with Gasteiger partial charge in [0.15, 0.2) is 5.96 Å². The molecule has 1 atom stereocenters. The molecule has 1 unspecified atom stereocenters. The van der Waals surface area contributed by atoms with Gasteiger partial charge >= 0.3 is 0 Å². The molecule has 0 saturated carbocycles. The van der Waals surface area contributed by atoms with E-state index in [1.54, 1.807) is 0 Å². The third-order valence-corrected chi connectivity index (χ3v) is 4.27. The maximum absolute atomic E-state index is 11.9. The molecule has 0 fully saturated rings. The smallest absolute Gasteiger partial charge is 0.188 e. The van der Waals surface area contributed by atoms with E-state index in [-0.39, 0.29) is 24.0 Å². The Hall–Kier alpha value is -0.630. The van der Waals surface area contributed by atoms with Gasteiger partial charge in [-0.3, -0.25) is 9.20 Å². The molecule has 4 nitrogen and oxygen atoms in total. The number of unbranched alkanes of at least 4 members (excludes halogenated alkanes) is 3. The van der Waals surface area contributed by atoms with E-state index in [1.165, 1.54) is 19.3 Å². The lowest BCUT2D eigenvalue weighted by Crippen LogP contribution is -2.34. The van der Waals surface area contributed by atoms with Crippen LogP contribution in [0.15, 0.2) is 40.2 Å². The number of hydrogen-bond acceptors (Lipinski definition) is 2. The van der Waals surface area contributed by atoms with E-state index >= 15 is 0 Å². The first-order chi connectivity index (χ1) is 9.74. The fourth-order valence-electron chi connectivity index (χ4n) is 1.76. The van der Waals surface area contributed by atoms with E-state index in [0.717, 1.165) is 17.9 Å². The Morgan fingerprint density at radius 2 is 1.95 bits per heavy atom. The number of guanidine groups is 1. The minimum absolute atomic E-state index is 0. The van der Waals surface area contributed by atoms with Gasteiger partial charge < -0.3 is 11.1 Å². The van der Waals surface area contributed by atoms with Gasteiger partial charge in [-0.15, -0.1) is 24.0 Å². The second-order valence-electron chi connectivity index (χ2n) is 4.62. The minimum atomic E-state index is -0.983. The number of aliphatic imine (C=N–C) groups is 1. The van der Waals surface area contributed by atoms with Crippen molar-refractivity contribution >= 4 is 40.7 Å². The molecule has 0 amide bonds. The summed E-state index contributed by atoms with van der Waals surface area (Å²) in [4.78, 5) is 5.10. The Balaban J connectivity index is 0.00000400. The molecular weight excluding hydrogens is 397 g/mol. The number of halogens is 1. The molecule has 0 saturated heterocycles. The van der Waals surface area contributed by atoms with Crippen molar-refractivity contribution in [3.05, 3.63) is 30.3 Å². The number of benzene rings is 1. The minimum Gasteiger partial charge on any atom is -0.370 e. The summed E-state index contributed by atoms with van der Waals surface area (Å²) in [6.45, 7) is 3.53. The zero-order chi connectivity index (χ0) is 14.6. The number of nitrogens with one attached hydrogen (secondary N) is 1. The quantitative estimate of drug-likeness (QED) is 0.278. The predicted octanol–water partition coefficient (Wildman–Crippen LogP) is 2.90. The van der Waals surface area contributed by atoms with E-state index in [1.807, 2.05) is 30.3 Å². The third-order valence-electron chi connectivity index (χ3n) is 2.89. The lowest BCUT2D eigenvalue weighted by atomic mass is 10.2. The lowest BCUT2D eigenvalue weighted by Gasteiger charge is -2.06. The van der Waals surface area contributed by atoms with Crippen molar-refractivity contribution in [2.24, 2.45) is 10.7 Å². The van der Waals surface area contributed by atoms with Crippen LogP contribution in [0.4, 0.5) is 0 Å². The first-order valence-corrected chi connectivity index (χ1v) is 8.53. The maximum atomic E-state index is 11.9. The van der Waals surface area contributed by atoms with Gasteiger partial charge in [0.1, 0.15) is 0 Å². The van der Waals surface area contributed by atoms with E-state index < -0.39 is 10.8 Å². The van der Waals surface area contributed by atoms with Crippen molar-refractivity contribution < 1.29 is 4.21 Å². The molecule has 0 aliphatic rings. The average molecular weight is 423 g/mol. The Kier molecular flexibility index (Phi) is 12.7. The van der Waals surface area contributed by atoms with Crippen LogP contribution in [0, 0.1) is 0 Å². The van der Waals surface area contributed by atoms with Crippen molar-refractivity contribution in [2.75, 3.05) is 18.8 Å². The summed E-state index contributed by atoms with van der Waals surface area (Å²) < 4.78 is 11.9. The first kappa shape index (κ1) is 20.4. The van der Waals surface area contributed by atoms with Gasteiger partial charge in [0.05, 0.1) is 10.8 Å². The van der Waals surface area contributed by atoms with Crippen LogP contribution >= 0.6 is 24.0 Å². The SMILES string of the molecule is CCCCCCN=C(N)NCCS(=O)c1ccccc1.I. The normalized spacial score (nSPS) is 12.5. The van der Waals surface area contributed by atoms with Crippen molar-refractivity contribution in [3.63, 3.8) is 0 Å². The fourth-order valence-corrected chi connectivity index (χ4v) is 2.74. The van der Waals surface area contributed by atoms with Gasteiger partial charge in [-0.05, 0) is 18.6 Å². The second kappa shape index (κ2) is 13.1. The number of nitrogens with two attached hydrogens (primary N) is 1. The van der Waals surface area contributed by atoms with Crippen molar-refractivity contribution in [3.8, 4) is 0 Å². The monoisotopic (exact) mass is 423 g/mol. The van der Waals surface area contributed by atoms with Crippen molar-refractivity contribution in [1.29, 1.82) is 0 Å². The van der Waals surface area contributed by atoms with Crippen LogP contribution in [0.2, 0.25) is 0 Å². The number of hydrogen-bond donors (Lipinski definition) is 2. The fraction of sp³-hybridized carbons (Fsp3) is 0.533. The van der Waals surface area contributed by atoms with Crippen molar-refractivity contribution in [2.45, 2.75) is 37.5 Å². The van der Waals surface area contributed by atoms with E-state index in [0.29, 0.717) is 18.3 Å². The van der Waals surface area contributed by atoms with Crippen LogP contribution < -0.4 is 11.1 Å². The van der Waals surface area contributed by atoms with Gasteiger partial charge in [-0.25, -0.2) is 0 Å². The van der Waals surface area contributed by atoms with Gasteiger partial charge in [-0.2, -0.15) is 0 Å². The topological polar surface area (TPSA) is 67.5 Å². The molecule has 0 heterocycles. The van der Waals surface area contributed by atoms with Gasteiger partial charge in [-0.1, -0.05) is 44.4 Å². The molecule has 0 spiro atoms. The molecule has 3 N–H and O–H groups in total. The molecule has 0 aliphatic carbocycles. The van der Waals surface area contributed by atoms with E-state index in [9.17, 15) is 4.21 Å². The van der Waals surface area contributed by atoms with Gasteiger partial charge in [0.25, 0.3) is 0 Å². The molecule has 0 bridgehead atoms. The highest BCUT2D eigenvalue weighted by Crippen LogP contribution is 2.04. The molecule has 0 aliphatic heterocycles. The Labute approximate surface area is 147 Å². The van der Waals surface area contributed by atoms with E-state index in [2.05, 4.69) is 17.2 Å². The number of rotatable bonds is 9. The van der Waals surface area contributed by atoms with Crippen LogP contribution in [0.3, 0.4) is 0 Å². The molecular formula is C15H26IN3OS. The second-order valence-corrected chi connectivity index (χ2v) is 6.19. The standard InChI is InChI=1S/C15H25N3OS.HI/c1-2-3-4-8-11-17-15(16)18-12-13-20(19)14-9-6-5-7-10-14;/h5-7,9-10H,2-4,8,11-13H2,1H3,(H3,16,17,18);1H. The van der Waals surface area contributed by atoms with Gasteiger partial charge in [0.2, 0.25) is 0 Å². The van der Waals surface area contributed by atoms with Gasteiger partial charge in [0, 0.05) is 23.7 Å². The number of nitrogens with zero attached hydrogens (tertiary/aromatic N) is 1. The Morgan fingerprint density at radius 1 is 1.24 bits per heavy atom. The van der Waals surface area contributed by atoms with Crippen LogP contribution in [0.25, 0.3) is 0 Å². The highest BCUT2D eigenvalue weighted by molar-refractivity contribution is 14.0. The van der Waals surface area contributed by atoms with Crippen LogP contribution in [-0.4, -0.2) is 29.0 Å². The molecule has 1 rings (SSSR count). The maximum Gasteiger partial charge on any atom is 0.188 e. The van der Waals surface area contributed by atoms with Crippen LogP contribution in [0.5, 0.6) is 0 Å². The lowest BCUT2D eigenvalue weighted by molar-refractivity contribution is 0.673. The van der Waals surface area contributed by atoms with Crippen LogP contribution in [0.1, 0.15) is 32.6 Å². The summed E-state index contributed by atoms with van der Waals surface area (Å²) in [7, 11) is -0.983. The summed E-state index contributed by atoms with van der Waals surface area (Å²) in [5.41, 5.74) is 5.75. The Morgan fingerprint density at radius 3 is 2.62 bits per heavy atom. The highest BCUT2D eigenvalue weighted by atomic mass is 127. The first-order valence-electron chi connectivity index (χ1n) is 7.21. The molecule has 21 heavy (non-hydrogen) atoms. The van der Waals surface area contributed by atoms with E-state index in [4.69, 9.17) is 5.73 Å². The van der Waals surface area contributed by atoms with Crippen molar-refractivity contribution in [1.82, 2.24) is 5.32 Å². The molecule has 120 valence electrons. The predicted molar refractivity (Wildman–Crippen MR) is 102 cm³/mol. The largest absolute Gasteiger partial charge is 0.370 e. The summed E-state index contributed by atoms with van der Waals surface area (Å²) in [5, 5.41) is 3.01. The highest BCUT2D eigenvalue weighted by Gasteiger charge is 2.02. The third kappa shape index (κ3) is 9.84. The molecule has 1 aromatic rings. The Bertz CT molecular complexity index is 426. The molecule has 0 radical (unpaired) electrons. The summed E-state index contributed by atoms with van der Waals surface area (Å²) in [6.07, 6.45) is 4.75. The summed E-state index contributed by atoms with van der Waals surface area (Å²) in [5.74, 6) is 0.988.